The summed E-state index contributed by atoms with van der Waals surface area (Å²) in [5.41, 5.74) is 3.00. The summed E-state index contributed by atoms with van der Waals surface area (Å²) in [5, 5.41) is 5.52. The largest absolute Gasteiger partial charge is 0.318 e. The van der Waals surface area contributed by atoms with Crippen molar-refractivity contribution in [1.29, 1.82) is 0 Å². The molecule has 1 aliphatic heterocycles. The smallest absolute Gasteiger partial charge is 0.279 e. The zero-order valence-corrected chi connectivity index (χ0v) is 17.1. The van der Waals surface area contributed by atoms with Gasteiger partial charge in [0.15, 0.2) is 6.67 Å². The fraction of sp³-hybridized carbons (Fsp3) is 0.240. The van der Waals surface area contributed by atoms with Crippen molar-refractivity contribution in [2.75, 3.05) is 13.1 Å². The zero-order chi connectivity index (χ0) is 20.5. The summed E-state index contributed by atoms with van der Waals surface area (Å²) in [6, 6.07) is 18.0. The number of nitrogens with one attached hydrogen (secondary N) is 2. The molecular weight excluding hydrogens is 372 g/mol. The van der Waals surface area contributed by atoms with Gasteiger partial charge in [-0.25, -0.2) is 4.68 Å². The topological polar surface area (TPSA) is 47.2 Å². The number of nitrogens with zero attached hydrogens (tertiary/aromatic N) is 2. The highest BCUT2D eigenvalue weighted by atomic mass is 16.1. The molecule has 0 bridgehead atoms. The molecule has 3 heterocycles. The van der Waals surface area contributed by atoms with Gasteiger partial charge >= 0.3 is 0 Å². The minimum absolute atomic E-state index is 0.0790. The number of para-hydroxylation sites is 2. The molecule has 4 aromatic rings. The standard InChI is InChI=1S/C25H26N4O/c1-19-23(25(30)29(26-19)21-10-4-2-5-11-21)16-20-17-28(18-27-14-8-3-9-15-27)24-13-7-6-12-22(20)24/h2,4-7,10-13,16-17,26H,1,3,8-9,14-15,18H2/p+1/b23-16-. The third-order valence-electron chi connectivity index (χ3n) is 6.09. The molecule has 5 rings (SSSR count). The first-order chi connectivity index (χ1) is 14.7. The van der Waals surface area contributed by atoms with E-state index in [9.17, 15) is 4.79 Å². The number of quaternary nitrogens is 1. The van der Waals surface area contributed by atoms with Gasteiger partial charge in [0.05, 0.1) is 34.9 Å². The molecule has 5 heteroatoms. The molecule has 5 nitrogen and oxygen atoms in total. The van der Waals surface area contributed by atoms with Gasteiger partial charge in [-0.05, 0) is 43.5 Å². The van der Waals surface area contributed by atoms with Gasteiger partial charge in [-0.15, -0.1) is 0 Å². The van der Waals surface area contributed by atoms with Crippen LogP contribution in [0.25, 0.3) is 29.2 Å². The van der Waals surface area contributed by atoms with Crippen molar-refractivity contribution in [2.24, 2.45) is 0 Å². The Kier molecular flexibility index (Phi) is 4.89. The van der Waals surface area contributed by atoms with Crippen molar-refractivity contribution >= 4 is 23.6 Å². The Labute approximate surface area is 175 Å². The van der Waals surface area contributed by atoms with Crippen LogP contribution < -0.4 is 21.0 Å². The van der Waals surface area contributed by atoms with Gasteiger partial charge in [-0.3, -0.25) is 14.5 Å². The van der Waals surface area contributed by atoms with Crippen LogP contribution in [-0.4, -0.2) is 27.4 Å². The van der Waals surface area contributed by atoms with Crippen LogP contribution in [-0.2, 0) is 6.67 Å². The number of hydrogen-bond donors (Lipinski definition) is 2. The van der Waals surface area contributed by atoms with Crippen LogP contribution in [0, 0.1) is 0 Å². The molecule has 1 saturated heterocycles. The molecule has 152 valence electrons. The van der Waals surface area contributed by atoms with Crippen LogP contribution in [0.1, 0.15) is 24.8 Å². The number of aromatic amines is 1. The molecule has 2 aromatic carbocycles. The van der Waals surface area contributed by atoms with E-state index in [1.807, 2.05) is 36.4 Å². The van der Waals surface area contributed by atoms with E-state index in [1.54, 1.807) is 9.58 Å². The number of aromatic nitrogens is 3. The van der Waals surface area contributed by atoms with Gasteiger partial charge < -0.3 is 4.90 Å². The normalized spacial score (nSPS) is 15.8. The van der Waals surface area contributed by atoms with E-state index in [0.29, 0.717) is 10.6 Å². The van der Waals surface area contributed by atoms with Crippen molar-refractivity contribution in [3.8, 4) is 5.69 Å². The maximum absolute atomic E-state index is 13.1. The highest BCUT2D eigenvalue weighted by molar-refractivity contribution is 5.89. The van der Waals surface area contributed by atoms with Crippen LogP contribution in [0.15, 0.2) is 65.6 Å². The average Bonchev–Trinajstić information content (AvgIpc) is 3.27. The molecular formula is C25H27N4O+. The zero-order valence-electron chi connectivity index (χ0n) is 17.1. The molecule has 2 N–H and O–H groups in total. The lowest BCUT2D eigenvalue weighted by molar-refractivity contribution is -0.927. The molecule has 0 atom stereocenters. The molecule has 0 saturated carbocycles. The summed E-state index contributed by atoms with van der Waals surface area (Å²) in [7, 11) is 0. The molecule has 1 fully saturated rings. The van der Waals surface area contributed by atoms with E-state index in [4.69, 9.17) is 0 Å². The lowest BCUT2D eigenvalue weighted by Gasteiger charge is -2.24. The van der Waals surface area contributed by atoms with E-state index in [-0.39, 0.29) is 5.56 Å². The summed E-state index contributed by atoms with van der Waals surface area (Å²) in [4.78, 5) is 14.7. The first-order valence-corrected chi connectivity index (χ1v) is 10.7. The van der Waals surface area contributed by atoms with Crippen LogP contribution in [0.4, 0.5) is 0 Å². The SMILES string of the molecule is C=c1[nH]n(-c2ccccc2)c(=O)/c1=C\c1cn(C[NH+]2CCCCC2)c2ccccc12. The Morgan fingerprint density at radius 2 is 1.73 bits per heavy atom. The van der Waals surface area contributed by atoms with E-state index in [2.05, 4.69) is 46.7 Å². The molecule has 0 spiro atoms. The van der Waals surface area contributed by atoms with Gasteiger partial charge in [-0.1, -0.05) is 43.0 Å². The summed E-state index contributed by atoms with van der Waals surface area (Å²) in [6.07, 6.45) is 8.12. The van der Waals surface area contributed by atoms with Crippen molar-refractivity contribution in [1.82, 2.24) is 14.3 Å². The van der Waals surface area contributed by atoms with Crippen molar-refractivity contribution in [3.05, 3.63) is 87.3 Å². The molecule has 2 aromatic heterocycles. The Balaban J connectivity index is 1.61. The highest BCUT2D eigenvalue weighted by Gasteiger charge is 2.16. The van der Waals surface area contributed by atoms with Gasteiger partial charge in [0.25, 0.3) is 5.56 Å². The van der Waals surface area contributed by atoms with Gasteiger partial charge in [0.1, 0.15) is 0 Å². The molecule has 0 unspecified atom stereocenters. The fourth-order valence-electron chi connectivity index (χ4n) is 4.53. The Morgan fingerprint density at radius 3 is 2.53 bits per heavy atom. The minimum Gasteiger partial charge on any atom is -0.318 e. The van der Waals surface area contributed by atoms with Crippen molar-refractivity contribution in [2.45, 2.75) is 25.9 Å². The quantitative estimate of drug-likeness (QED) is 0.535. The summed E-state index contributed by atoms with van der Waals surface area (Å²) in [5.74, 6) is 0. The van der Waals surface area contributed by atoms with E-state index < -0.39 is 0 Å². The molecule has 1 aliphatic rings. The lowest BCUT2D eigenvalue weighted by Crippen LogP contribution is -3.12. The van der Waals surface area contributed by atoms with E-state index in [1.165, 1.54) is 43.3 Å². The first kappa shape index (κ1) is 18.7. The molecule has 30 heavy (non-hydrogen) atoms. The monoisotopic (exact) mass is 399 g/mol. The maximum Gasteiger partial charge on any atom is 0.279 e. The van der Waals surface area contributed by atoms with Crippen molar-refractivity contribution < 1.29 is 4.90 Å². The number of likely N-dealkylation sites (tertiary alicyclic amines) is 1. The first-order valence-electron chi connectivity index (χ1n) is 10.7. The van der Waals surface area contributed by atoms with Crippen LogP contribution in [0.3, 0.4) is 0 Å². The number of fused-ring (bicyclic) bond motifs is 1. The van der Waals surface area contributed by atoms with Crippen molar-refractivity contribution in [3.63, 3.8) is 0 Å². The number of hydrogen-bond acceptors (Lipinski definition) is 1. The van der Waals surface area contributed by atoms with E-state index in [0.717, 1.165) is 17.9 Å². The minimum atomic E-state index is -0.0790. The molecule has 0 radical (unpaired) electrons. The Bertz CT molecular complexity index is 1340. The predicted octanol–water partition coefficient (Wildman–Crippen LogP) is 1.39. The fourth-order valence-corrected chi connectivity index (χ4v) is 4.53. The van der Waals surface area contributed by atoms with Gasteiger partial charge in [-0.2, -0.15) is 0 Å². The Morgan fingerprint density at radius 1 is 1.00 bits per heavy atom. The molecule has 0 aliphatic carbocycles. The molecule has 0 amide bonds. The second-order valence-electron chi connectivity index (χ2n) is 8.16. The van der Waals surface area contributed by atoms with Crippen LogP contribution in [0.5, 0.6) is 0 Å². The second-order valence-corrected chi connectivity index (χ2v) is 8.16. The second kappa shape index (κ2) is 7.84. The van der Waals surface area contributed by atoms with E-state index >= 15 is 0 Å². The maximum atomic E-state index is 13.1. The van der Waals surface area contributed by atoms with Crippen LogP contribution in [0.2, 0.25) is 0 Å². The van der Waals surface area contributed by atoms with Crippen LogP contribution >= 0.6 is 0 Å². The van der Waals surface area contributed by atoms with Gasteiger partial charge in [0.2, 0.25) is 0 Å². The number of benzene rings is 2. The number of H-pyrrole nitrogens is 1. The summed E-state index contributed by atoms with van der Waals surface area (Å²) in [6.45, 7) is 7.51. The lowest BCUT2D eigenvalue weighted by atomic mass is 10.1. The number of rotatable bonds is 4. The third-order valence-corrected chi connectivity index (χ3v) is 6.09. The summed E-state index contributed by atoms with van der Waals surface area (Å²) >= 11 is 0. The number of piperidine rings is 1. The third kappa shape index (κ3) is 3.42. The summed E-state index contributed by atoms with van der Waals surface area (Å²) < 4.78 is 3.90. The van der Waals surface area contributed by atoms with Gasteiger partial charge in [0, 0.05) is 17.1 Å². The Hall–Kier alpha value is -3.31. The average molecular weight is 400 g/mol. The highest BCUT2D eigenvalue weighted by Crippen LogP contribution is 2.21. The predicted molar refractivity (Wildman–Crippen MR) is 121 cm³/mol.